The van der Waals surface area contributed by atoms with Crippen LogP contribution in [0.4, 0.5) is 11.4 Å². The fraction of sp³-hybridized carbons (Fsp3) is 0.360. The van der Waals surface area contributed by atoms with Crippen molar-refractivity contribution < 1.29 is 9.59 Å². The average molecular weight is 468 g/mol. The molecular weight excluding hydrogens is 442 g/mol. The number of fused-ring (bicyclic) bond motifs is 3. The zero-order chi connectivity index (χ0) is 22.8. The Balaban J connectivity index is 1.63. The van der Waals surface area contributed by atoms with Gasteiger partial charge < -0.3 is 5.32 Å². The molecule has 4 unspecified atom stereocenters. The lowest BCUT2D eigenvalue weighted by Gasteiger charge is -2.24. The molecule has 5 nitrogen and oxygen atoms in total. The molecule has 0 aromatic heterocycles. The van der Waals surface area contributed by atoms with Crippen LogP contribution in [-0.2, 0) is 9.59 Å². The van der Waals surface area contributed by atoms with E-state index in [1.807, 2.05) is 31.2 Å². The van der Waals surface area contributed by atoms with Crippen molar-refractivity contribution in [3.8, 4) is 0 Å². The number of amides is 1. The van der Waals surface area contributed by atoms with Crippen LogP contribution in [0.1, 0.15) is 39.2 Å². The van der Waals surface area contributed by atoms with Gasteiger partial charge in [-0.3, -0.25) is 14.6 Å². The summed E-state index contributed by atoms with van der Waals surface area (Å²) in [6.45, 7) is 6.10. The number of rotatable bonds is 6. The molecule has 1 amide bonds. The molecular formula is C25H26ClN3O2S. The minimum atomic E-state index is -0.498. The summed E-state index contributed by atoms with van der Waals surface area (Å²) in [5, 5.41) is 3.76. The monoisotopic (exact) mass is 467 g/mol. The second-order valence-electron chi connectivity index (χ2n) is 8.16. The van der Waals surface area contributed by atoms with E-state index in [1.165, 1.54) is 11.8 Å². The molecule has 32 heavy (non-hydrogen) atoms. The van der Waals surface area contributed by atoms with E-state index < -0.39 is 11.2 Å². The van der Waals surface area contributed by atoms with Crippen LogP contribution in [0.25, 0.3) is 0 Å². The number of Topliss-reactive ketones (excluding diaryl/α,β-unsaturated/α-hetero) is 1. The maximum absolute atomic E-state index is 13.4. The molecule has 2 aliphatic rings. The Morgan fingerprint density at radius 2 is 1.94 bits per heavy atom. The second kappa shape index (κ2) is 9.59. The van der Waals surface area contributed by atoms with Gasteiger partial charge in [-0.2, -0.15) is 0 Å². The molecule has 2 aromatic rings. The number of carbonyl (C=O) groups excluding carboxylic acids is 2. The van der Waals surface area contributed by atoms with Gasteiger partial charge in [0.15, 0.2) is 5.78 Å². The van der Waals surface area contributed by atoms with Crippen LogP contribution >= 0.6 is 23.4 Å². The number of halogens is 1. The fourth-order valence-corrected chi connectivity index (χ4v) is 5.34. The summed E-state index contributed by atoms with van der Waals surface area (Å²) < 4.78 is 0. The molecule has 0 aliphatic carbocycles. The highest BCUT2D eigenvalue weighted by Crippen LogP contribution is 2.40. The van der Waals surface area contributed by atoms with Gasteiger partial charge in [-0.05, 0) is 36.6 Å². The largest absolute Gasteiger partial charge is 0.325 e. The number of carbonyl (C=O) groups is 2. The van der Waals surface area contributed by atoms with Gasteiger partial charge in [-0.1, -0.05) is 74.8 Å². The summed E-state index contributed by atoms with van der Waals surface area (Å²) in [7, 11) is 0. The number of anilines is 1. The van der Waals surface area contributed by atoms with Crippen LogP contribution in [0.5, 0.6) is 0 Å². The van der Waals surface area contributed by atoms with Crippen LogP contribution in [0.15, 0.2) is 58.5 Å². The van der Waals surface area contributed by atoms with Crippen molar-refractivity contribution in [1.82, 2.24) is 0 Å². The predicted octanol–water partition coefficient (Wildman–Crippen LogP) is 5.94. The van der Waals surface area contributed by atoms with Crippen LogP contribution in [0.2, 0.25) is 5.02 Å². The summed E-state index contributed by atoms with van der Waals surface area (Å²) in [5.41, 5.74) is 3.15. The summed E-state index contributed by atoms with van der Waals surface area (Å²) in [6, 6.07) is 14.5. The van der Waals surface area contributed by atoms with E-state index in [-0.39, 0.29) is 23.7 Å². The minimum absolute atomic E-state index is 0.0835. The molecule has 0 saturated heterocycles. The van der Waals surface area contributed by atoms with Gasteiger partial charge in [0.1, 0.15) is 12.0 Å². The average Bonchev–Trinajstić information content (AvgIpc) is 3.14. The number of ketones is 1. The molecule has 4 rings (SSSR count). The Hall–Kier alpha value is -2.44. The number of nitrogens with one attached hydrogen (secondary N) is 1. The Labute approximate surface area is 197 Å². The molecule has 0 bridgehead atoms. The van der Waals surface area contributed by atoms with E-state index >= 15 is 0 Å². The Kier molecular flexibility index (Phi) is 6.82. The van der Waals surface area contributed by atoms with E-state index in [2.05, 4.69) is 19.2 Å². The molecule has 0 radical (unpaired) electrons. The normalized spacial score (nSPS) is 21.2. The molecule has 166 valence electrons. The fourth-order valence-electron chi connectivity index (χ4n) is 4.01. The molecule has 2 heterocycles. The van der Waals surface area contributed by atoms with Crippen molar-refractivity contribution in [3.05, 3.63) is 59.1 Å². The first-order chi connectivity index (χ1) is 15.4. The third-order valence-electron chi connectivity index (χ3n) is 5.99. The summed E-state index contributed by atoms with van der Waals surface area (Å²) >= 11 is 7.41. The highest BCUT2D eigenvalue weighted by molar-refractivity contribution is 8.15. The Morgan fingerprint density at radius 1 is 1.16 bits per heavy atom. The van der Waals surface area contributed by atoms with Crippen LogP contribution in [-0.4, -0.2) is 33.7 Å². The molecule has 7 heteroatoms. The molecule has 4 atom stereocenters. The topological polar surface area (TPSA) is 70.9 Å². The summed E-state index contributed by atoms with van der Waals surface area (Å²) in [6.07, 6.45) is 1.47. The first kappa shape index (κ1) is 22.7. The standard InChI is InChI=1S/C25H26ClN3O2S/c1-4-14(3)21-23(30)20-22(29-21)17-11-6-7-12-18(17)28-25(20)32-19(5-2)24(31)27-16-10-8-9-15(26)13-16/h6-14,19-21H,4-5H2,1-3H3,(H,27,31). The number of para-hydroxylation sites is 1. The predicted molar refractivity (Wildman–Crippen MR) is 134 cm³/mol. The van der Waals surface area contributed by atoms with Crippen molar-refractivity contribution in [3.63, 3.8) is 0 Å². The summed E-state index contributed by atoms with van der Waals surface area (Å²) in [5.74, 6) is -0.391. The van der Waals surface area contributed by atoms with E-state index in [9.17, 15) is 9.59 Å². The zero-order valence-corrected chi connectivity index (χ0v) is 19.9. The van der Waals surface area contributed by atoms with Crippen molar-refractivity contribution >= 4 is 57.2 Å². The molecule has 1 N–H and O–H groups in total. The smallest absolute Gasteiger partial charge is 0.237 e. The van der Waals surface area contributed by atoms with Crippen molar-refractivity contribution in [1.29, 1.82) is 0 Å². The first-order valence-electron chi connectivity index (χ1n) is 10.9. The molecule has 0 spiro atoms. The molecule has 2 aliphatic heterocycles. The number of nitrogens with zero attached hydrogens (tertiary/aromatic N) is 2. The molecule has 0 fully saturated rings. The highest BCUT2D eigenvalue weighted by Gasteiger charge is 2.46. The third-order valence-corrected chi connectivity index (χ3v) is 7.62. The van der Waals surface area contributed by atoms with Gasteiger partial charge in [0.05, 0.1) is 21.7 Å². The van der Waals surface area contributed by atoms with Crippen molar-refractivity contribution in [2.75, 3.05) is 5.32 Å². The Bertz CT molecular complexity index is 1110. The Morgan fingerprint density at radius 3 is 2.66 bits per heavy atom. The molecule has 0 saturated carbocycles. The van der Waals surface area contributed by atoms with Gasteiger partial charge in [-0.25, -0.2) is 4.99 Å². The number of hydrogen-bond donors (Lipinski definition) is 1. The quantitative estimate of drug-likeness (QED) is 0.571. The third kappa shape index (κ3) is 4.39. The number of aliphatic imine (C=N–C) groups is 2. The molecule has 2 aromatic carbocycles. The van der Waals surface area contributed by atoms with E-state index in [4.69, 9.17) is 21.6 Å². The summed E-state index contributed by atoms with van der Waals surface area (Å²) in [4.78, 5) is 36.1. The number of benzene rings is 2. The highest BCUT2D eigenvalue weighted by atomic mass is 35.5. The van der Waals surface area contributed by atoms with Gasteiger partial charge in [0.2, 0.25) is 5.91 Å². The SMILES string of the molecule is CCC(SC1=Nc2ccccc2C2=NC(C(C)CC)C(=O)C12)C(=O)Nc1cccc(Cl)c1. The van der Waals surface area contributed by atoms with Crippen LogP contribution in [0, 0.1) is 11.8 Å². The minimum Gasteiger partial charge on any atom is -0.325 e. The lowest BCUT2D eigenvalue weighted by Crippen LogP contribution is -2.36. The maximum atomic E-state index is 13.4. The van der Waals surface area contributed by atoms with Crippen LogP contribution < -0.4 is 5.32 Å². The van der Waals surface area contributed by atoms with E-state index in [0.29, 0.717) is 22.2 Å². The van der Waals surface area contributed by atoms with Gasteiger partial charge in [0, 0.05) is 16.3 Å². The zero-order valence-electron chi connectivity index (χ0n) is 18.3. The van der Waals surface area contributed by atoms with Gasteiger partial charge in [-0.15, -0.1) is 0 Å². The first-order valence-corrected chi connectivity index (χ1v) is 12.2. The maximum Gasteiger partial charge on any atom is 0.237 e. The van der Waals surface area contributed by atoms with E-state index in [1.54, 1.807) is 24.3 Å². The number of thioether (sulfide) groups is 1. The number of hydrogen-bond acceptors (Lipinski definition) is 5. The van der Waals surface area contributed by atoms with Crippen LogP contribution in [0.3, 0.4) is 0 Å². The lowest BCUT2D eigenvalue weighted by molar-refractivity contribution is -0.120. The lowest BCUT2D eigenvalue weighted by atomic mass is 9.88. The van der Waals surface area contributed by atoms with Gasteiger partial charge in [0.25, 0.3) is 0 Å². The van der Waals surface area contributed by atoms with Gasteiger partial charge >= 0.3 is 0 Å². The van der Waals surface area contributed by atoms with Crippen molar-refractivity contribution in [2.45, 2.75) is 44.9 Å². The van der Waals surface area contributed by atoms with E-state index in [0.717, 1.165) is 23.4 Å². The second-order valence-corrected chi connectivity index (χ2v) is 9.82. The van der Waals surface area contributed by atoms with Crippen molar-refractivity contribution in [2.24, 2.45) is 21.8 Å².